The maximum Gasteiger partial charge on any atom is 0.212 e. The minimum absolute atomic E-state index is 0.274. The second kappa shape index (κ2) is 7.64. The summed E-state index contributed by atoms with van der Waals surface area (Å²) in [6.07, 6.45) is 1.85. The minimum atomic E-state index is 0.274. The largest absolute Gasteiger partial charge is 0.491 e. The summed E-state index contributed by atoms with van der Waals surface area (Å²) in [5.41, 5.74) is 2.38. The van der Waals surface area contributed by atoms with Gasteiger partial charge in [0.25, 0.3) is 0 Å². The van der Waals surface area contributed by atoms with Crippen LogP contribution in [0.2, 0.25) is 0 Å². The summed E-state index contributed by atoms with van der Waals surface area (Å²) in [6.45, 7) is 3.31. The van der Waals surface area contributed by atoms with Crippen LogP contribution in [0.25, 0.3) is 0 Å². The van der Waals surface area contributed by atoms with E-state index in [0.29, 0.717) is 19.1 Å². The zero-order valence-electron chi connectivity index (χ0n) is 12.7. The van der Waals surface area contributed by atoms with E-state index in [1.807, 2.05) is 30.5 Å². The Balaban J connectivity index is 2.02. The van der Waals surface area contributed by atoms with Gasteiger partial charge in [-0.25, -0.2) is 4.98 Å². The molecule has 112 valence electrons. The van der Waals surface area contributed by atoms with E-state index in [1.54, 1.807) is 14.2 Å². The topological polar surface area (TPSA) is 40.6 Å². The van der Waals surface area contributed by atoms with E-state index in [0.717, 1.165) is 11.3 Å². The monoisotopic (exact) mass is 287 g/mol. The number of methoxy groups -OCH3 is 2. The SMILES string of the molecule is COCCOc1ccc(C(C)c2ccc(OC)nc2)cc1. The van der Waals surface area contributed by atoms with Crippen molar-refractivity contribution in [3.8, 4) is 11.6 Å². The van der Waals surface area contributed by atoms with Crippen LogP contribution in [0.1, 0.15) is 24.0 Å². The zero-order chi connectivity index (χ0) is 15.1. The van der Waals surface area contributed by atoms with Crippen molar-refractivity contribution in [1.82, 2.24) is 4.98 Å². The highest BCUT2D eigenvalue weighted by Crippen LogP contribution is 2.26. The van der Waals surface area contributed by atoms with Crippen LogP contribution in [0.4, 0.5) is 0 Å². The first kappa shape index (κ1) is 15.3. The van der Waals surface area contributed by atoms with Gasteiger partial charge in [-0.1, -0.05) is 25.1 Å². The molecule has 0 amide bonds. The molecular weight excluding hydrogens is 266 g/mol. The van der Waals surface area contributed by atoms with Crippen LogP contribution in [0.15, 0.2) is 42.6 Å². The third-order valence-electron chi connectivity index (χ3n) is 3.40. The van der Waals surface area contributed by atoms with Crippen molar-refractivity contribution < 1.29 is 14.2 Å². The Bertz CT molecular complexity index is 537. The smallest absolute Gasteiger partial charge is 0.212 e. The van der Waals surface area contributed by atoms with Gasteiger partial charge in [-0.2, -0.15) is 0 Å². The second-order valence-electron chi connectivity index (χ2n) is 4.77. The number of hydrogen-bond acceptors (Lipinski definition) is 4. The van der Waals surface area contributed by atoms with Gasteiger partial charge in [0.1, 0.15) is 12.4 Å². The zero-order valence-corrected chi connectivity index (χ0v) is 12.7. The van der Waals surface area contributed by atoms with Crippen molar-refractivity contribution in [2.24, 2.45) is 0 Å². The fraction of sp³-hybridized carbons (Fsp3) is 0.353. The average molecular weight is 287 g/mol. The molecule has 1 aromatic carbocycles. The van der Waals surface area contributed by atoms with Crippen LogP contribution in [0, 0.1) is 0 Å². The average Bonchev–Trinajstić information content (AvgIpc) is 2.55. The molecule has 2 rings (SSSR count). The lowest BCUT2D eigenvalue weighted by atomic mass is 9.94. The molecule has 0 spiro atoms. The van der Waals surface area contributed by atoms with Gasteiger partial charge in [-0.05, 0) is 23.3 Å². The van der Waals surface area contributed by atoms with Gasteiger partial charge in [-0.15, -0.1) is 0 Å². The number of pyridine rings is 1. The molecule has 1 atom stereocenters. The Morgan fingerprint density at radius 3 is 2.24 bits per heavy atom. The molecule has 0 N–H and O–H groups in total. The van der Waals surface area contributed by atoms with Gasteiger partial charge in [0.15, 0.2) is 0 Å². The molecule has 1 aromatic heterocycles. The first-order valence-electron chi connectivity index (χ1n) is 6.96. The number of nitrogens with zero attached hydrogens (tertiary/aromatic N) is 1. The Hall–Kier alpha value is -2.07. The molecule has 0 radical (unpaired) electrons. The van der Waals surface area contributed by atoms with Crippen molar-refractivity contribution in [2.45, 2.75) is 12.8 Å². The van der Waals surface area contributed by atoms with Crippen molar-refractivity contribution >= 4 is 0 Å². The number of ether oxygens (including phenoxy) is 3. The molecule has 0 saturated carbocycles. The summed E-state index contributed by atoms with van der Waals surface area (Å²) in [7, 11) is 3.28. The standard InChI is InChI=1S/C17H21NO3/c1-13(15-6-9-17(20-3)18-12-15)14-4-7-16(8-5-14)21-11-10-19-2/h4-9,12-13H,10-11H2,1-3H3. The Labute approximate surface area is 125 Å². The third kappa shape index (κ3) is 4.20. The molecular formula is C17H21NO3. The highest BCUT2D eigenvalue weighted by atomic mass is 16.5. The summed E-state index contributed by atoms with van der Waals surface area (Å²) < 4.78 is 15.6. The summed E-state index contributed by atoms with van der Waals surface area (Å²) in [4.78, 5) is 4.25. The lowest BCUT2D eigenvalue weighted by molar-refractivity contribution is 0.146. The second-order valence-corrected chi connectivity index (χ2v) is 4.77. The first-order chi connectivity index (χ1) is 10.2. The molecule has 4 heteroatoms. The van der Waals surface area contributed by atoms with Crippen molar-refractivity contribution in [2.75, 3.05) is 27.4 Å². The van der Waals surface area contributed by atoms with E-state index in [4.69, 9.17) is 14.2 Å². The maximum atomic E-state index is 5.56. The number of benzene rings is 1. The lowest BCUT2D eigenvalue weighted by Gasteiger charge is -2.13. The van der Waals surface area contributed by atoms with Crippen LogP contribution < -0.4 is 9.47 Å². The molecule has 0 bridgehead atoms. The Morgan fingerprint density at radius 1 is 0.952 bits per heavy atom. The third-order valence-corrected chi connectivity index (χ3v) is 3.40. The van der Waals surface area contributed by atoms with Gasteiger partial charge in [0, 0.05) is 25.3 Å². The summed E-state index contributed by atoms with van der Waals surface area (Å²) in [5.74, 6) is 1.76. The van der Waals surface area contributed by atoms with Crippen LogP contribution in [0.3, 0.4) is 0 Å². The number of aromatic nitrogens is 1. The van der Waals surface area contributed by atoms with E-state index in [-0.39, 0.29) is 5.92 Å². The molecule has 0 aliphatic carbocycles. The van der Waals surface area contributed by atoms with E-state index in [1.165, 1.54) is 5.56 Å². The molecule has 0 aliphatic rings. The molecule has 21 heavy (non-hydrogen) atoms. The normalized spacial score (nSPS) is 12.0. The Kier molecular flexibility index (Phi) is 5.58. The predicted octanol–water partition coefficient (Wildman–Crippen LogP) is 3.27. The highest BCUT2D eigenvalue weighted by molar-refractivity contribution is 5.35. The van der Waals surface area contributed by atoms with Gasteiger partial charge in [-0.3, -0.25) is 0 Å². The Morgan fingerprint density at radius 2 is 1.67 bits per heavy atom. The molecule has 1 heterocycles. The van der Waals surface area contributed by atoms with Crippen LogP contribution >= 0.6 is 0 Å². The van der Waals surface area contributed by atoms with E-state index in [9.17, 15) is 0 Å². The van der Waals surface area contributed by atoms with Gasteiger partial charge >= 0.3 is 0 Å². The fourth-order valence-electron chi connectivity index (χ4n) is 2.06. The molecule has 2 aromatic rings. The van der Waals surface area contributed by atoms with Crippen LogP contribution in [0.5, 0.6) is 11.6 Å². The van der Waals surface area contributed by atoms with Crippen LogP contribution in [-0.4, -0.2) is 32.4 Å². The van der Waals surface area contributed by atoms with E-state index < -0.39 is 0 Å². The summed E-state index contributed by atoms with van der Waals surface area (Å²) in [6, 6.07) is 12.1. The summed E-state index contributed by atoms with van der Waals surface area (Å²) in [5, 5.41) is 0. The highest BCUT2D eigenvalue weighted by Gasteiger charge is 2.09. The van der Waals surface area contributed by atoms with Crippen LogP contribution in [-0.2, 0) is 4.74 Å². The van der Waals surface area contributed by atoms with Crippen molar-refractivity contribution in [1.29, 1.82) is 0 Å². The molecule has 0 fully saturated rings. The van der Waals surface area contributed by atoms with Crippen molar-refractivity contribution in [3.63, 3.8) is 0 Å². The lowest BCUT2D eigenvalue weighted by Crippen LogP contribution is -2.04. The fourth-order valence-corrected chi connectivity index (χ4v) is 2.06. The predicted molar refractivity (Wildman–Crippen MR) is 82.1 cm³/mol. The van der Waals surface area contributed by atoms with Gasteiger partial charge in [0.2, 0.25) is 5.88 Å². The molecule has 0 saturated heterocycles. The quantitative estimate of drug-likeness (QED) is 0.733. The first-order valence-corrected chi connectivity index (χ1v) is 6.96. The van der Waals surface area contributed by atoms with Gasteiger partial charge in [0.05, 0.1) is 13.7 Å². The van der Waals surface area contributed by atoms with E-state index >= 15 is 0 Å². The molecule has 4 nitrogen and oxygen atoms in total. The maximum absolute atomic E-state index is 5.56. The van der Waals surface area contributed by atoms with E-state index in [2.05, 4.69) is 24.0 Å². The number of rotatable bonds is 7. The van der Waals surface area contributed by atoms with Gasteiger partial charge < -0.3 is 14.2 Å². The van der Waals surface area contributed by atoms with Crippen molar-refractivity contribution in [3.05, 3.63) is 53.7 Å². The molecule has 1 unspecified atom stereocenters. The molecule has 0 aliphatic heterocycles. The summed E-state index contributed by atoms with van der Waals surface area (Å²) >= 11 is 0. The minimum Gasteiger partial charge on any atom is -0.491 e. The number of hydrogen-bond donors (Lipinski definition) is 0.